The van der Waals surface area contributed by atoms with Gasteiger partial charge in [-0.25, -0.2) is 4.79 Å². The van der Waals surface area contributed by atoms with Crippen molar-refractivity contribution in [3.05, 3.63) is 16.0 Å². The Labute approximate surface area is 151 Å². The number of ether oxygens (including phenoxy) is 1. The molecular weight excluding hydrogens is 342 g/mol. The summed E-state index contributed by atoms with van der Waals surface area (Å²) in [6.45, 7) is 7.20. The van der Waals surface area contributed by atoms with Crippen LogP contribution in [0.2, 0.25) is 0 Å². The van der Waals surface area contributed by atoms with Gasteiger partial charge >= 0.3 is 5.97 Å². The van der Waals surface area contributed by atoms with Gasteiger partial charge < -0.3 is 20.0 Å². The van der Waals surface area contributed by atoms with E-state index in [1.165, 1.54) is 11.3 Å². The fraction of sp³-hybridized carbons (Fsp3) is 0.611. The van der Waals surface area contributed by atoms with E-state index in [1.807, 2.05) is 13.8 Å². The number of hydrogen-bond acceptors (Lipinski definition) is 6. The van der Waals surface area contributed by atoms with Crippen LogP contribution in [0.1, 0.15) is 60.3 Å². The van der Waals surface area contributed by atoms with Crippen LogP contribution >= 0.6 is 11.3 Å². The molecule has 0 saturated heterocycles. The highest BCUT2D eigenvalue weighted by Crippen LogP contribution is 2.36. The van der Waals surface area contributed by atoms with E-state index < -0.39 is 23.8 Å². The van der Waals surface area contributed by atoms with Crippen LogP contribution in [0.5, 0.6) is 0 Å². The van der Waals surface area contributed by atoms with Crippen LogP contribution in [0.15, 0.2) is 0 Å². The normalized spacial score (nSPS) is 20.4. The van der Waals surface area contributed by atoms with Crippen LogP contribution in [0.4, 0.5) is 5.00 Å². The van der Waals surface area contributed by atoms with E-state index in [1.54, 1.807) is 13.8 Å². The molecule has 6 nitrogen and oxygen atoms in total. The van der Waals surface area contributed by atoms with Gasteiger partial charge in [-0.2, -0.15) is 0 Å². The highest BCUT2D eigenvalue weighted by atomic mass is 32.1. The molecular formula is C18H24NO5S-. The lowest BCUT2D eigenvalue weighted by Crippen LogP contribution is -2.42. The molecule has 0 spiro atoms. The predicted molar refractivity (Wildman–Crippen MR) is 93.4 cm³/mol. The minimum atomic E-state index is -1.18. The lowest BCUT2D eigenvalue weighted by molar-refractivity contribution is -0.313. The van der Waals surface area contributed by atoms with Crippen molar-refractivity contribution >= 4 is 34.2 Å². The molecule has 1 heterocycles. The molecule has 0 bridgehead atoms. The molecule has 2 unspecified atom stereocenters. The average molecular weight is 366 g/mol. The Morgan fingerprint density at radius 1 is 1.16 bits per heavy atom. The van der Waals surface area contributed by atoms with Gasteiger partial charge in [0, 0.05) is 22.7 Å². The molecule has 1 aliphatic carbocycles. The Morgan fingerprint density at radius 2 is 1.76 bits per heavy atom. The minimum absolute atomic E-state index is 0.267. The fourth-order valence-corrected chi connectivity index (χ4v) is 4.22. The van der Waals surface area contributed by atoms with Gasteiger partial charge in [0.05, 0.1) is 11.7 Å². The average Bonchev–Trinajstić information content (AvgIpc) is 2.80. The summed E-state index contributed by atoms with van der Waals surface area (Å²) in [5, 5.41) is 14.5. The summed E-state index contributed by atoms with van der Waals surface area (Å²) in [7, 11) is 0. The van der Waals surface area contributed by atoms with E-state index >= 15 is 0 Å². The first-order valence-electron chi connectivity index (χ1n) is 8.55. The summed E-state index contributed by atoms with van der Waals surface area (Å²) in [4.78, 5) is 37.2. The molecule has 1 aromatic rings. The van der Waals surface area contributed by atoms with Gasteiger partial charge in [0.15, 0.2) is 0 Å². The van der Waals surface area contributed by atoms with Crippen LogP contribution < -0.4 is 10.4 Å². The topological polar surface area (TPSA) is 95.5 Å². The molecule has 1 saturated carbocycles. The Hall–Kier alpha value is -1.89. The van der Waals surface area contributed by atoms with Crippen LogP contribution in [-0.4, -0.2) is 23.9 Å². The molecule has 138 valence electrons. The standard InChI is InChI=1S/C18H25NO5S/c1-9(2)24-18(23)14-10(3)11(4)25-16(14)19-15(20)12-7-5-6-8-13(12)17(21)22/h9,12-13H,5-8H2,1-4H3,(H,19,20)(H,21,22)/p-1. The fourth-order valence-electron chi connectivity index (χ4n) is 3.17. The number of amides is 1. The molecule has 25 heavy (non-hydrogen) atoms. The molecule has 1 amide bonds. The number of thiophene rings is 1. The number of carboxylic acids is 1. The van der Waals surface area contributed by atoms with Gasteiger partial charge in [-0.3, -0.25) is 4.79 Å². The van der Waals surface area contributed by atoms with E-state index in [-0.39, 0.29) is 12.0 Å². The summed E-state index contributed by atoms with van der Waals surface area (Å²) >= 11 is 1.30. The smallest absolute Gasteiger partial charge is 0.341 e. The summed E-state index contributed by atoms with van der Waals surface area (Å²) < 4.78 is 5.27. The Kier molecular flexibility index (Phi) is 6.21. The SMILES string of the molecule is Cc1sc(NC(=O)C2CCCCC2C(=O)[O-])c(C(=O)OC(C)C)c1C. The number of carbonyl (C=O) groups is 3. The van der Waals surface area contributed by atoms with Gasteiger partial charge in [0.25, 0.3) is 0 Å². The van der Waals surface area contributed by atoms with Gasteiger partial charge in [-0.05, 0) is 46.1 Å². The number of esters is 1. The monoisotopic (exact) mass is 366 g/mol. The molecule has 1 fully saturated rings. The van der Waals surface area contributed by atoms with Crippen molar-refractivity contribution in [2.24, 2.45) is 11.8 Å². The maximum Gasteiger partial charge on any atom is 0.341 e. The molecule has 1 N–H and O–H groups in total. The number of aliphatic carboxylic acids is 1. The second kappa shape index (κ2) is 7.99. The second-order valence-electron chi connectivity index (χ2n) is 6.75. The molecule has 2 rings (SSSR count). The zero-order valence-electron chi connectivity index (χ0n) is 15.0. The number of anilines is 1. The van der Waals surface area contributed by atoms with E-state index in [0.717, 1.165) is 23.3 Å². The number of aryl methyl sites for hydroxylation is 1. The van der Waals surface area contributed by atoms with Crippen molar-refractivity contribution in [1.29, 1.82) is 0 Å². The zero-order chi connectivity index (χ0) is 18.7. The van der Waals surface area contributed by atoms with Crippen LogP contribution in [-0.2, 0) is 14.3 Å². The van der Waals surface area contributed by atoms with Crippen molar-refractivity contribution in [3.63, 3.8) is 0 Å². The molecule has 2 atom stereocenters. The molecule has 0 aromatic carbocycles. The first kappa shape index (κ1) is 19.4. The summed E-state index contributed by atoms with van der Waals surface area (Å²) in [5.41, 5.74) is 1.12. The third-order valence-corrected chi connectivity index (χ3v) is 5.70. The first-order valence-corrected chi connectivity index (χ1v) is 9.36. The molecule has 7 heteroatoms. The summed E-state index contributed by atoms with van der Waals surface area (Å²) in [5.74, 6) is -3.43. The largest absolute Gasteiger partial charge is 0.550 e. The lowest BCUT2D eigenvalue weighted by Gasteiger charge is -2.31. The highest BCUT2D eigenvalue weighted by Gasteiger charge is 2.33. The maximum atomic E-state index is 12.7. The molecule has 0 radical (unpaired) electrons. The van der Waals surface area contributed by atoms with Crippen molar-refractivity contribution in [2.75, 3.05) is 5.32 Å². The predicted octanol–water partition coefficient (Wildman–Crippen LogP) is 2.42. The highest BCUT2D eigenvalue weighted by molar-refractivity contribution is 7.16. The van der Waals surface area contributed by atoms with Crippen LogP contribution in [0.25, 0.3) is 0 Å². The van der Waals surface area contributed by atoms with E-state index in [4.69, 9.17) is 4.74 Å². The molecule has 1 aliphatic rings. The van der Waals surface area contributed by atoms with E-state index in [2.05, 4.69) is 5.32 Å². The third-order valence-electron chi connectivity index (χ3n) is 4.57. The summed E-state index contributed by atoms with van der Waals surface area (Å²) in [6.07, 6.45) is 2.29. The minimum Gasteiger partial charge on any atom is -0.550 e. The molecule has 1 aromatic heterocycles. The quantitative estimate of drug-likeness (QED) is 0.808. The van der Waals surface area contributed by atoms with Crippen LogP contribution in [0, 0.1) is 25.7 Å². The Balaban J connectivity index is 2.24. The van der Waals surface area contributed by atoms with E-state index in [0.29, 0.717) is 23.4 Å². The number of nitrogens with one attached hydrogen (secondary N) is 1. The first-order chi connectivity index (χ1) is 11.7. The van der Waals surface area contributed by atoms with Crippen molar-refractivity contribution in [3.8, 4) is 0 Å². The number of hydrogen-bond donors (Lipinski definition) is 1. The van der Waals surface area contributed by atoms with Crippen LogP contribution in [0.3, 0.4) is 0 Å². The number of carbonyl (C=O) groups excluding carboxylic acids is 3. The van der Waals surface area contributed by atoms with E-state index in [9.17, 15) is 19.5 Å². The van der Waals surface area contributed by atoms with Gasteiger partial charge in [-0.1, -0.05) is 12.8 Å². The maximum absolute atomic E-state index is 12.7. The third kappa shape index (κ3) is 4.39. The van der Waals surface area contributed by atoms with Crippen molar-refractivity contribution in [2.45, 2.75) is 59.5 Å². The molecule has 0 aliphatic heterocycles. The summed E-state index contributed by atoms with van der Waals surface area (Å²) in [6, 6.07) is 0. The Bertz CT molecular complexity index is 679. The number of rotatable bonds is 5. The van der Waals surface area contributed by atoms with Gasteiger partial charge in [-0.15, -0.1) is 11.3 Å². The van der Waals surface area contributed by atoms with Crippen molar-refractivity contribution in [1.82, 2.24) is 0 Å². The van der Waals surface area contributed by atoms with Gasteiger partial charge in [0.1, 0.15) is 5.00 Å². The zero-order valence-corrected chi connectivity index (χ0v) is 15.8. The number of carboxylic acid groups (broad SMARTS) is 1. The van der Waals surface area contributed by atoms with Gasteiger partial charge in [0.2, 0.25) is 5.91 Å². The Morgan fingerprint density at radius 3 is 2.32 bits per heavy atom. The second-order valence-corrected chi connectivity index (χ2v) is 7.97. The lowest BCUT2D eigenvalue weighted by atomic mass is 9.79. The van der Waals surface area contributed by atoms with Crippen molar-refractivity contribution < 1.29 is 24.2 Å².